The van der Waals surface area contributed by atoms with Gasteiger partial charge in [-0.1, -0.05) is 19.8 Å². The fourth-order valence-corrected chi connectivity index (χ4v) is 2.70. The van der Waals surface area contributed by atoms with Crippen LogP contribution in [-0.2, 0) is 6.54 Å². The Kier molecular flexibility index (Phi) is 4.81. The van der Waals surface area contributed by atoms with Crippen molar-refractivity contribution < 1.29 is 0 Å². The first kappa shape index (κ1) is 13.6. The summed E-state index contributed by atoms with van der Waals surface area (Å²) in [6.07, 6.45) is 8.88. The number of nitrogens with zero attached hydrogens (tertiary/aromatic N) is 2. The zero-order valence-corrected chi connectivity index (χ0v) is 12.0. The maximum Gasteiger partial charge on any atom is 0.0762 e. The van der Waals surface area contributed by atoms with Crippen LogP contribution in [0.4, 0.5) is 0 Å². The molecule has 2 unspecified atom stereocenters. The van der Waals surface area contributed by atoms with E-state index in [9.17, 15) is 0 Å². The smallest absolute Gasteiger partial charge is 0.0762 e. The number of nitrogens with one attached hydrogen (secondary N) is 1. The summed E-state index contributed by atoms with van der Waals surface area (Å²) in [6.45, 7) is 7.62. The molecule has 1 saturated carbocycles. The fraction of sp³-hybridized carbons (Fsp3) is 0.800. The molecule has 0 spiro atoms. The highest BCUT2D eigenvalue weighted by Crippen LogP contribution is 2.22. The Morgan fingerprint density at radius 2 is 2.17 bits per heavy atom. The standard InChI is InChI=1S/C15H27N3/c1-12(2)18-10-9-15(17-18)11-16-14-6-4-5-13(3)7-8-14/h9-10,12-14,16H,4-8,11H2,1-3H3. The molecule has 0 radical (unpaired) electrons. The SMILES string of the molecule is CC1CCCC(NCc2ccn(C(C)C)n2)CC1. The highest BCUT2D eigenvalue weighted by atomic mass is 15.3. The average Bonchev–Trinajstić information content (AvgIpc) is 2.72. The second-order valence-electron chi connectivity index (χ2n) is 6.07. The van der Waals surface area contributed by atoms with Gasteiger partial charge in [0.15, 0.2) is 0 Å². The second kappa shape index (κ2) is 6.37. The molecule has 0 aromatic carbocycles. The van der Waals surface area contributed by atoms with Crippen molar-refractivity contribution in [2.45, 2.75) is 71.5 Å². The molecular formula is C15H27N3. The van der Waals surface area contributed by atoms with Gasteiger partial charge in [-0.05, 0) is 45.1 Å². The highest BCUT2D eigenvalue weighted by Gasteiger charge is 2.15. The third-order valence-electron chi connectivity index (χ3n) is 4.02. The van der Waals surface area contributed by atoms with Gasteiger partial charge in [-0.3, -0.25) is 4.68 Å². The molecule has 1 aliphatic carbocycles. The molecule has 102 valence electrons. The molecular weight excluding hydrogens is 222 g/mol. The lowest BCUT2D eigenvalue weighted by molar-refractivity contribution is 0.441. The molecule has 3 nitrogen and oxygen atoms in total. The van der Waals surface area contributed by atoms with E-state index in [1.54, 1.807) is 0 Å². The van der Waals surface area contributed by atoms with Gasteiger partial charge in [0, 0.05) is 24.8 Å². The summed E-state index contributed by atoms with van der Waals surface area (Å²) in [5, 5.41) is 8.26. The zero-order chi connectivity index (χ0) is 13.0. The number of hydrogen-bond acceptors (Lipinski definition) is 2. The van der Waals surface area contributed by atoms with E-state index in [-0.39, 0.29) is 0 Å². The fourth-order valence-electron chi connectivity index (χ4n) is 2.70. The Bertz CT molecular complexity index is 356. The van der Waals surface area contributed by atoms with Crippen LogP contribution >= 0.6 is 0 Å². The third-order valence-corrected chi connectivity index (χ3v) is 4.02. The summed E-state index contributed by atoms with van der Waals surface area (Å²) < 4.78 is 2.03. The Balaban J connectivity index is 1.79. The van der Waals surface area contributed by atoms with Gasteiger partial charge in [0.05, 0.1) is 5.69 Å². The van der Waals surface area contributed by atoms with Crippen LogP contribution in [0.15, 0.2) is 12.3 Å². The molecule has 0 bridgehead atoms. The molecule has 0 saturated heterocycles. The van der Waals surface area contributed by atoms with Crippen molar-refractivity contribution >= 4 is 0 Å². The maximum absolute atomic E-state index is 4.59. The summed E-state index contributed by atoms with van der Waals surface area (Å²) in [5.74, 6) is 0.914. The highest BCUT2D eigenvalue weighted by molar-refractivity contribution is 4.99. The number of hydrogen-bond donors (Lipinski definition) is 1. The molecule has 1 fully saturated rings. The van der Waals surface area contributed by atoms with Crippen molar-refractivity contribution in [2.24, 2.45) is 5.92 Å². The predicted octanol–water partition coefficient (Wildman–Crippen LogP) is 3.52. The Hall–Kier alpha value is -0.830. The van der Waals surface area contributed by atoms with Crippen molar-refractivity contribution in [3.63, 3.8) is 0 Å². The Labute approximate surface area is 111 Å². The van der Waals surface area contributed by atoms with E-state index in [1.807, 2.05) is 4.68 Å². The van der Waals surface area contributed by atoms with Crippen molar-refractivity contribution in [3.8, 4) is 0 Å². The molecule has 1 aliphatic rings. The largest absolute Gasteiger partial charge is 0.308 e. The van der Waals surface area contributed by atoms with Gasteiger partial charge < -0.3 is 5.32 Å². The van der Waals surface area contributed by atoms with E-state index in [4.69, 9.17) is 0 Å². The lowest BCUT2D eigenvalue weighted by Gasteiger charge is -2.15. The first-order valence-electron chi connectivity index (χ1n) is 7.42. The molecule has 18 heavy (non-hydrogen) atoms. The van der Waals surface area contributed by atoms with Gasteiger partial charge in [0.1, 0.15) is 0 Å². The lowest BCUT2D eigenvalue weighted by atomic mass is 10.0. The van der Waals surface area contributed by atoms with E-state index in [0.717, 1.165) is 12.5 Å². The van der Waals surface area contributed by atoms with Crippen molar-refractivity contribution in [1.29, 1.82) is 0 Å². The Morgan fingerprint density at radius 3 is 2.89 bits per heavy atom. The van der Waals surface area contributed by atoms with Gasteiger partial charge in [-0.25, -0.2) is 0 Å². The van der Waals surface area contributed by atoms with Crippen LogP contribution < -0.4 is 5.32 Å². The first-order chi connectivity index (χ1) is 8.65. The van der Waals surface area contributed by atoms with Crippen LogP contribution in [0.5, 0.6) is 0 Å². The molecule has 1 aromatic heterocycles. The van der Waals surface area contributed by atoms with Gasteiger partial charge in [-0.2, -0.15) is 5.10 Å². The molecule has 1 heterocycles. The summed E-state index contributed by atoms with van der Waals surface area (Å²) in [6, 6.07) is 3.28. The van der Waals surface area contributed by atoms with E-state index >= 15 is 0 Å². The van der Waals surface area contributed by atoms with Crippen LogP contribution in [0.2, 0.25) is 0 Å². The quantitative estimate of drug-likeness (QED) is 0.827. The van der Waals surface area contributed by atoms with E-state index < -0.39 is 0 Å². The maximum atomic E-state index is 4.59. The van der Waals surface area contributed by atoms with Gasteiger partial charge in [0.2, 0.25) is 0 Å². The van der Waals surface area contributed by atoms with E-state index in [0.29, 0.717) is 12.1 Å². The summed E-state index contributed by atoms with van der Waals surface area (Å²) in [4.78, 5) is 0. The van der Waals surface area contributed by atoms with Crippen LogP contribution in [0, 0.1) is 5.92 Å². The van der Waals surface area contributed by atoms with Crippen LogP contribution in [0.25, 0.3) is 0 Å². The molecule has 1 aromatic rings. The molecule has 1 N–H and O–H groups in total. The summed E-state index contributed by atoms with van der Waals surface area (Å²) >= 11 is 0. The van der Waals surface area contributed by atoms with Crippen LogP contribution in [0.1, 0.15) is 64.6 Å². The molecule has 2 atom stereocenters. The van der Waals surface area contributed by atoms with Gasteiger partial charge >= 0.3 is 0 Å². The van der Waals surface area contributed by atoms with Gasteiger partial charge in [-0.15, -0.1) is 0 Å². The molecule has 0 aliphatic heterocycles. The summed E-state index contributed by atoms with van der Waals surface area (Å²) in [5.41, 5.74) is 1.17. The van der Waals surface area contributed by atoms with Crippen LogP contribution in [0.3, 0.4) is 0 Å². The van der Waals surface area contributed by atoms with E-state index in [1.165, 1.54) is 37.8 Å². The van der Waals surface area contributed by atoms with Crippen molar-refractivity contribution in [1.82, 2.24) is 15.1 Å². The monoisotopic (exact) mass is 249 g/mol. The van der Waals surface area contributed by atoms with Gasteiger partial charge in [0.25, 0.3) is 0 Å². The topological polar surface area (TPSA) is 29.9 Å². The average molecular weight is 249 g/mol. The lowest BCUT2D eigenvalue weighted by Crippen LogP contribution is -2.28. The second-order valence-corrected chi connectivity index (χ2v) is 6.07. The molecule has 0 amide bonds. The minimum Gasteiger partial charge on any atom is -0.308 e. The van der Waals surface area contributed by atoms with E-state index in [2.05, 4.69) is 43.4 Å². The predicted molar refractivity (Wildman–Crippen MR) is 75.5 cm³/mol. The minimum absolute atomic E-state index is 0.456. The van der Waals surface area contributed by atoms with Crippen LogP contribution in [-0.4, -0.2) is 15.8 Å². The summed E-state index contributed by atoms with van der Waals surface area (Å²) in [7, 11) is 0. The van der Waals surface area contributed by atoms with Crippen molar-refractivity contribution in [3.05, 3.63) is 18.0 Å². The zero-order valence-electron chi connectivity index (χ0n) is 12.0. The first-order valence-corrected chi connectivity index (χ1v) is 7.42. The van der Waals surface area contributed by atoms with Crippen molar-refractivity contribution in [2.75, 3.05) is 0 Å². The number of aromatic nitrogens is 2. The normalized spacial score (nSPS) is 25.3. The number of rotatable bonds is 4. The third kappa shape index (κ3) is 3.84. The molecule has 2 rings (SSSR count). The Morgan fingerprint density at radius 1 is 1.33 bits per heavy atom. The minimum atomic E-state index is 0.456. The molecule has 3 heteroatoms.